The lowest BCUT2D eigenvalue weighted by atomic mass is 9.76. The molecule has 1 saturated carbocycles. The van der Waals surface area contributed by atoms with E-state index in [0.29, 0.717) is 38.3 Å². The van der Waals surface area contributed by atoms with Crippen LogP contribution < -0.4 is 0 Å². The molecule has 2 unspecified atom stereocenters. The number of carboxylic acids is 1. The number of nitrogens with zero attached hydrogens (tertiary/aromatic N) is 1. The largest absolute Gasteiger partial charge is 0.481 e. The van der Waals surface area contributed by atoms with Crippen LogP contribution in [-0.4, -0.2) is 42.1 Å². The zero-order valence-corrected chi connectivity index (χ0v) is 14.0. The van der Waals surface area contributed by atoms with Gasteiger partial charge in [0, 0.05) is 13.1 Å². The van der Waals surface area contributed by atoms with Crippen LogP contribution in [0.3, 0.4) is 0 Å². The Morgan fingerprint density at radius 1 is 1.10 bits per heavy atom. The number of carboxylic acid groups (broad SMARTS) is 1. The maximum Gasteiger partial charge on any atom is 0.307 e. The molecule has 0 aromatic carbocycles. The van der Waals surface area contributed by atoms with Crippen molar-refractivity contribution < 1.29 is 18.3 Å². The van der Waals surface area contributed by atoms with Gasteiger partial charge in [-0.05, 0) is 37.0 Å². The number of hydrogen-bond acceptors (Lipinski definition) is 3. The highest BCUT2D eigenvalue weighted by molar-refractivity contribution is 7.89. The van der Waals surface area contributed by atoms with Gasteiger partial charge in [-0.15, -0.1) is 0 Å². The molecule has 1 aliphatic heterocycles. The number of piperidine rings is 1. The molecular weight excluding hydrogens is 290 g/mol. The van der Waals surface area contributed by atoms with Crippen molar-refractivity contribution >= 4 is 16.0 Å². The summed E-state index contributed by atoms with van der Waals surface area (Å²) in [6.45, 7) is 7.65. The second-order valence-corrected chi connectivity index (χ2v) is 9.65. The summed E-state index contributed by atoms with van der Waals surface area (Å²) in [6, 6.07) is 0. The molecule has 0 amide bonds. The minimum Gasteiger partial charge on any atom is -0.481 e. The van der Waals surface area contributed by atoms with Crippen LogP contribution >= 0.6 is 0 Å². The molecule has 1 heterocycles. The Balaban J connectivity index is 2.07. The quantitative estimate of drug-likeness (QED) is 0.867. The van der Waals surface area contributed by atoms with E-state index >= 15 is 0 Å². The van der Waals surface area contributed by atoms with E-state index in [1.165, 1.54) is 0 Å². The molecule has 0 aromatic rings. The lowest BCUT2D eigenvalue weighted by molar-refractivity contribution is -0.141. The standard InChI is InChI=1S/C15H27NO4S/c1-15(2,3)11-7-9-16(10-8-11)21(19,20)13-6-4-5-12(13)14(17)18/h11-13H,4-10H2,1-3H3,(H,17,18). The van der Waals surface area contributed by atoms with Gasteiger partial charge in [0.05, 0.1) is 11.2 Å². The Labute approximate surface area is 127 Å². The topological polar surface area (TPSA) is 74.7 Å². The summed E-state index contributed by atoms with van der Waals surface area (Å²) < 4.78 is 27.0. The molecule has 122 valence electrons. The monoisotopic (exact) mass is 317 g/mol. The van der Waals surface area contributed by atoms with Crippen LogP contribution in [0, 0.1) is 17.3 Å². The molecule has 2 rings (SSSR count). The maximum absolute atomic E-state index is 12.7. The molecule has 1 aliphatic carbocycles. The summed E-state index contributed by atoms with van der Waals surface area (Å²) in [6.07, 6.45) is 3.40. The summed E-state index contributed by atoms with van der Waals surface area (Å²) in [7, 11) is -3.47. The number of aliphatic carboxylic acids is 1. The molecular formula is C15H27NO4S. The van der Waals surface area contributed by atoms with Crippen LogP contribution in [0.1, 0.15) is 52.9 Å². The number of carbonyl (C=O) groups is 1. The molecule has 1 saturated heterocycles. The molecule has 2 aliphatic rings. The van der Waals surface area contributed by atoms with Crippen molar-refractivity contribution in [3.63, 3.8) is 0 Å². The highest BCUT2D eigenvalue weighted by atomic mass is 32.2. The lowest BCUT2D eigenvalue weighted by Gasteiger charge is -2.39. The van der Waals surface area contributed by atoms with E-state index < -0.39 is 27.2 Å². The molecule has 0 spiro atoms. The second-order valence-electron chi connectivity index (χ2n) is 7.50. The predicted octanol–water partition coefficient (Wildman–Crippen LogP) is 2.33. The summed E-state index contributed by atoms with van der Waals surface area (Å²) in [4.78, 5) is 11.2. The fourth-order valence-corrected chi connectivity index (χ4v) is 5.97. The van der Waals surface area contributed by atoms with Crippen LogP contribution in [0.15, 0.2) is 0 Å². The van der Waals surface area contributed by atoms with Crippen LogP contribution in [0.25, 0.3) is 0 Å². The first kappa shape index (κ1) is 16.7. The predicted molar refractivity (Wildman–Crippen MR) is 81.4 cm³/mol. The van der Waals surface area contributed by atoms with Crippen LogP contribution in [0.4, 0.5) is 0 Å². The van der Waals surface area contributed by atoms with Gasteiger partial charge in [0.15, 0.2) is 0 Å². The van der Waals surface area contributed by atoms with Gasteiger partial charge in [-0.1, -0.05) is 27.2 Å². The lowest BCUT2D eigenvalue weighted by Crippen LogP contribution is -2.47. The normalized spacial score (nSPS) is 29.7. The van der Waals surface area contributed by atoms with Gasteiger partial charge in [0.25, 0.3) is 0 Å². The van der Waals surface area contributed by atoms with Crippen LogP contribution in [0.2, 0.25) is 0 Å². The van der Waals surface area contributed by atoms with Crippen molar-refractivity contribution in [3.05, 3.63) is 0 Å². The van der Waals surface area contributed by atoms with Gasteiger partial charge in [-0.3, -0.25) is 4.79 Å². The van der Waals surface area contributed by atoms with Gasteiger partial charge < -0.3 is 5.11 Å². The minimum absolute atomic E-state index is 0.201. The molecule has 0 bridgehead atoms. The Hall–Kier alpha value is -0.620. The van der Waals surface area contributed by atoms with Crippen LogP contribution in [-0.2, 0) is 14.8 Å². The van der Waals surface area contributed by atoms with Gasteiger partial charge in [-0.25, -0.2) is 12.7 Å². The first-order chi connectivity index (χ1) is 9.64. The molecule has 1 N–H and O–H groups in total. The Kier molecular flexibility index (Phi) is 4.69. The average Bonchev–Trinajstić information content (AvgIpc) is 2.88. The molecule has 6 heteroatoms. The van der Waals surface area contributed by atoms with Crippen LogP contribution in [0.5, 0.6) is 0 Å². The van der Waals surface area contributed by atoms with E-state index in [1.807, 2.05) is 0 Å². The average molecular weight is 317 g/mol. The van der Waals surface area contributed by atoms with Crippen molar-refractivity contribution in [1.29, 1.82) is 0 Å². The summed E-state index contributed by atoms with van der Waals surface area (Å²) in [5, 5.41) is 8.49. The van der Waals surface area contributed by atoms with Gasteiger partial charge >= 0.3 is 5.97 Å². The SMILES string of the molecule is CC(C)(C)C1CCN(S(=O)(=O)C2CCCC2C(=O)O)CC1. The fraction of sp³-hybridized carbons (Fsp3) is 0.933. The van der Waals surface area contributed by atoms with Gasteiger partial charge in [0.1, 0.15) is 0 Å². The first-order valence-corrected chi connectivity index (χ1v) is 9.36. The molecule has 21 heavy (non-hydrogen) atoms. The second kappa shape index (κ2) is 5.88. The zero-order valence-electron chi connectivity index (χ0n) is 13.2. The van der Waals surface area contributed by atoms with Crippen molar-refractivity contribution in [2.24, 2.45) is 17.3 Å². The first-order valence-electron chi connectivity index (χ1n) is 7.86. The third-order valence-electron chi connectivity index (χ3n) is 5.19. The summed E-state index contributed by atoms with van der Waals surface area (Å²) in [5.74, 6) is -1.16. The van der Waals surface area contributed by atoms with E-state index in [2.05, 4.69) is 20.8 Å². The van der Waals surface area contributed by atoms with Crippen molar-refractivity contribution in [2.45, 2.75) is 58.1 Å². The molecule has 0 aromatic heterocycles. The van der Waals surface area contributed by atoms with E-state index in [4.69, 9.17) is 0 Å². The third-order valence-corrected chi connectivity index (χ3v) is 7.61. The molecule has 2 fully saturated rings. The smallest absolute Gasteiger partial charge is 0.307 e. The Bertz CT molecular complexity index is 486. The summed E-state index contributed by atoms with van der Waals surface area (Å²) >= 11 is 0. The van der Waals surface area contributed by atoms with E-state index in [0.717, 1.165) is 12.8 Å². The van der Waals surface area contributed by atoms with E-state index in [-0.39, 0.29) is 5.41 Å². The highest BCUT2D eigenvalue weighted by Crippen LogP contribution is 2.38. The molecule has 5 nitrogen and oxygen atoms in total. The Morgan fingerprint density at radius 2 is 1.67 bits per heavy atom. The number of rotatable bonds is 3. The van der Waals surface area contributed by atoms with Gasteiger partial charge in [-0.2, -0.15) is 0 Å². The van der Waals surface area contributed by atoms with E-state index in [1.54, 1.807) is 4.31 Å². The number of sulfonamides is 1. The fourth-order valence-electron chi connectivity index (χ4n) is 3.73. The van der Waals surface area contributed by atoms with Crippen molar-refractivity contribution in [2.75, 3.05) is 13.1 Å². The Morgan fingerprint density at radius 3 is 2.14 bits per heavy atom. The maximum atomic E-state index is 12.7. The molecule has 0 radical (unpaired) electrons. The van der Waals surface area contributed by atoms with Gasteiger partial charge in [0.2, 0.25) is 10.0 Å². The van der Waals surface area contributed by atoms with Crippen molar-refractivity contribution in [1.82, 2.24) is 4.31 Å². The minimum atomic E-state index is -3.47. The third kappa shape index (κ3) is 3.42. The summed E-state index contributed by atoms with van der Waals surface area (Å²) in [5.41, 5.74) is 0.201. The van der Waals surface area contributed by atoms with Crippen molar-refractivity contribution in [3.8, 4) is 0 Å². The van der Waals surface area contributed by atoms with E-state index in [9.17, 15) is 18.3 Å². The highest BCUT2D eigenvalue weighted by Gasteiger charge is 2.45. The molecule has 2 atom stereocenters. The number of hydrogen-bond donors (Lipinski definition) is 1. The zero-order chi connectivity index (χ0) is 15.8.